The van der Waals surface area contributed by atoms with Crippen LogP contribution in [0.4, 0.5) is 15.9 Å². The molecule has 134 valence electrons. The summed E-state index contributed by atoms with van der Waals surface area (Å²) in [5.74, 6) is -0.0143. The summed E-state index contributed by atoms with van der Waals surface area (Å²) in [5.41, 5.74) is 2.66. The lowest BCUT2D eigenvalue weighted by atomic mass is 10.3. The Morgan fingerprint density at radius 3 is 2.92 bits per heavy atom. The first kappa shape index (κ1) is 18.1. The fraction of sp³-hybridized carbons (Fsp3) is 0.357. The fourth-order valence-corrected chi connectivity index (χ4v) is 3.29. The van der Waals surface area contributed by atoms with Crippen LogP contribution in [0.5, 0.6) is 0 Å². The van der Waals surface area contributed by atoms with Gasteiger partial charge in [0.15, 0.2) is 11.5 Å². The van der Waals surface area contributed by atoms with Gasteiger partial charge in [0.2, 0.25) is 5.82 Å². The number of amidine groups is 1. The number of nitrogens with one attached hydrogen (secondary N) is 3. The topological polar surface area (TPSA) is 108 Å². The molecule has 25 heavy (non-hydrogen) atoms. The summed E-state index contributed by atoms with van der Waals surface area (Å²) >= 11 is 4.66. The molecule has 2 aromatic rings. The lowest BCUT2D eigenvalue weighted by Crippen LogP contribution is -2.33. The zero-order chi connectivity index (χ0) is 17.9. The molecule has 1 fully saturated rings. The number of hydroxylamine groups is 1. The molecule has 1 aliphatic carbocycles. The highest BCUT2D eigenvalue weighted by molar-refractivity contribution is 9.10. The molecule has 4 N–H and O–H groups in total. The Morgan fingerprint density at radius 1 is 1.48 bits per heavy atom. The number of aromatic nitrogens is 2. The van der Waals surface area contributed by atoms with Crippen molar-refractivity contribution in [2.24, 2.45) is 4.99 Å². The SMILES string of the molecule is CSNC1(CNc2nonc2C(=Nc2ccc(F)c(Br)c2)NO)CC1. The molecule has 8 nitrogen and oxygen atoms in total. The molecule has 0 bridgehead atoms. The second-order valence-corrected chi connectivity index (χ2v) is 7.04. The summed E-state index contributed by atoms with van der Waals surface area (Å²) in [4.78, 5) is 4.22. The molecule has 0 aliphatic heterocycles. The highest BCUT2D eigenvalue weighted by Gasteiger charge is 2.42. The summed E-state index contributed by atoms with van der Waals surface area (Å²) in [6.07, 6.45) is 4.10. The summed E-state index contributed by atoms with van der Waals surface area (Å²) in [5, 5.41) is 20.2. The van der Waals surface area contributed by atoms with Gasteiger partial charge in [0.1, 0.15) is 5.82 Å². The number of benzene rings is 1. The Kier molecular flexibility index (Phi) is 5.57. The highest BCUT2D eigenvalue weighted by atomic mass is 79.9. The van der Waals surface area contributed by atoms with Crippen molar-refractivity contribution >= 4 is 45.2 Å². The largest absolute Gasteiger partial charge is 0.363 e. The molecule has 11 heteroatoms. The number of aliphatic imine (C=N–C) groups is 1. The second-order valence-electron chi connectivity index (χ2n) is 5.57. The molecule has 1 aromatic carbocycles. The molecule has 0 radical (unpaired) electrons. The van der Waals surface area contributed by atoms with Gasteiger partial charge in [0.05, 0.1) is 10.2 Å². The van der Waals surface area contributed by atoms with Crippen LogP contribution in [0.1, 0.15) is 18.5 Å². The predicted octanol–water partition coefficient (Wildman–Crippen LogP) is 2.84. The Balaban J connectivity index is 1.78. The first-order valence-electron chi connectivity index (χ1n) is 7.38. The average molecular weight is 431 g/mol. The van der Waals surface area contributed by atoms with Gasteiger partial charge in [-0.2, -0.15) is 0 Å². The highest BCUT2D eigenvalue weighted by Crippen LogP contribution is 2.37. The number of rotatable bonds is 7. The van der Waals surface area contributed by atoms with Crippen molar-refractivity contribution in [1.82, 2.24) is 20.5 Å². The first-order valence-corrected chi connectivity index (χ1v) is 9.39. The molecule has 0 saturated heterocycles. The maximum Gasteiger partial charge on any atom is 0.202 e. The number of nitrogens with zero attached hydrogens (tertiary/aromatic N) is 3. The Hall–Kier alpha value is -1.69. The van der Waals surface area contributed by atoms with E-state index in [1.807, 2.05) is 11.7 Å². The van der Waals surface area contributed by atoms with E-state index in [0.29, 0.717) is 18.1 Å². The second kappa shape index (κ2) is 7.68. The molecule has 3 rings (SSSR count). The van der Waals surface area contributed by atoms with Gasteiger partial charge in [-0.15, -0.1) is 0 Å². The summed E-state index contributed by atoms with van der Waals surface area (Å²) < 4.78 is 21.7. The molecule has 0 atom stereocenters. The zero-order valence-corrected chi connectivity index (χ0v) is 15.6. The van der Waals surface area contributed by atoms with Crippen molar-refractivity contribution in [3.63, 3.8) is 0 Å². The van der Waals surface area contributed by atoms with E-state index < -0.39 is 5.82 Å². The van der Waals surface area contributed by atoms with Gasteiger partial charge in [-0.1, -0.05) is 11.9 Å². The van der Waals surface area contributed by atoms with E-state index in [9.17, 15) is 9.60 Å². The fourth-order valence-electron chi connectivity index (χ4n) is 2.21. The van der Waals surface area contributed by atoms with Gasteiger partial charge in [-0.25, -0.2) is 14.0 Å². The maximum absolute atomic E-state index is 13.3. The summed E-state index contributed by atoms with van der Waals surface area (Å²) in [7, 11) is 0. The zero-order valence-electron chi connectivity index (χ0n) is 13.2. The van der Waals surface area contributed by atoms with Gasteiger partial charge in [0.25, 0.3) is 0 Å². The van der Waals surface area contributed by atoms with E-state index in [2.05, 4.69) is 41.3 Å². The molecular formula is C14H16BrFN6O2S. The van der Waals surface area contributed by atoms with Crippen molar-refractivity contribution in [2.75, 3.05) is 18.1 Å². The van der Waals surface area contributed by atoms with Crippen LogP contribution in [0.2, 0.25) is 0 Å². The predicted molar refractivity (Wildman–Crippen MR) is 96.6 cm³/mol. The third-order valence-corrected chi connectivity index (χ3v) is 4.97. The van der Waals surface area contributed by atoms with Crippen LogP contribution < -0.4 is 15.5 Å². The van der Waals surface area contributed by atoms with Crippen LogP contribution in [0, 0.1) is 5.82 Å². The van der Waals surface area contributed by atoms with Crippen LogP contribution in [0.25, 0.3) is 0 Å². The van der Waals surface area contributed by atoms with Crippen molar-refractivity contribution in [3.05, 3.63) is 34.2 Å². The number of hydrogen-bond donors (Lipinski definition) is 4. The van der Waals surface area contributed by atoms with E-state index in [0.717, 1.165) is 12.8 Å². The monoisotopic (exact) mass is 430 g/mol. The molecule has 1 saturated carbocycles. The lowest BCUT2D eigenvalue weighted by Gasteiger charge is -2.15. The third-order valence-electron chi connectivity index (χ3n) is 3.73. The van der Waals surface area contributed by atoms with Crippen molar-refractivity contribution in [2.45, 2.75) is 18.4 Å². The maximum atomic E-state index is 13.3. The molecule has 1 aromatic heterocycles. The van der Waals surface area contributed by atoms with Gasteiger partial charge in [-0.3, -0.25) is 15.4 Å². The van der Waals surface area contributed by atoms with Gasteiger partial charge < -0.3 is 5.32 Å². The minimum atomic E-state index is -0.404. The smallest absolute Gasteiger partial charge is 0.202 e. The molecular weight excluding hydrogens is 415 g/mol. The number of halogens is 2. The van der Waals surface area contributed by atoms with Gasteiger partial charge >= 0.3 is 0 Å². The Labute approximate surface area is 155 Å². The normalized spacial score (nSPS) is 15.9. The van der Waals surface area contributed by atoms with Crippen LogP contribution in [-0.2, 0) is 0 Å². The molecule has 0 spiro atoms. The van der Waals surface area contributed by atoms with E-state index in [1.54, 1.807) is 11.9 Å². The van der Waals surface area contributed by atoms with Crippen LogP contribution in [0.3, 0.4) is 0 Å². The van der Waals surface area contributed by atoms with Gasteiger partial charge in [0, 0.05) is 12.1 Å². The standard InChI is InChI=1S/C14H16BrFN6O2S/c1-25-22-14(4-5-14)7-17-12-11(20-24-21-12)13(19-23)18-8-2-3-10(16)9(15)6-8/h2-3,6,22-23H,4-5,7H2,1H3,(H,17,21)(H,18,19). The quantitative estimate of drug-likeness (QED) is 0.230. The van der Waals surface area contributed by atoms with Crippen molar-refractivity contribution < 1.29 is 14.2 Å². The number of anilines is 1. The molecule has 0 unspecified atom stereocenters. The molecule has 0 amide bonds. The molecule has 1 heterocycles. The van der Waals surface area contributed by atoms with E-state index in [1.165, 1.54) is 18.2 Å². The minimum Gasteiger partial charge on any atom is -0.363 e. The Morgan fingerprint density at radius 2 is 2.28 bits per heavy atom. The Bertz CT molecular complexity index is 782. The van der Waals surface area contributed by atoms with Crippen molar-refractivity contribution in [1.29, 1.82) is 0 Å². The van der Waals surface area contributed by atoms with Crippen molar-refractivity contribution in [3.8, 4) is 0 Å². The van der Waals surface area contributed by atoms with E-state index in [4.69, 9.17) is 4.63 Å². The minimum absolute atomic E-state index is 0.0292. The summed E-state index contributed by atoms with van der Waals surface area (Å²) in [6, 6.07) is 4.22. The molecule has 1 aliphatic rings. The number of hydrogen-bond acceptors (Lipinski definition) is 8. The van der Waals surface area contributed by atoms with Crippen LogP contribution in [0.15, 0.2) is 32.3 Å². The van der Waals surface area contributed by atoms with E-state index >= 15 is 0 Å². The van der Waals surface area contributed by atoms with Crippen LogP contribution >= 0.6 is 27.9 Å². The lowest BCUT2D eigenvalue weighted by molar-refractivity contribution is 0.234. The third kappa shape index (κ3) is 4.29. The first-order chi connectivity index (χ1) is 12.1. The van der Waals surface area contributed by atoms with Crippen LogP contribution in [-0.4, -0.2) is 39.7 Å². The van der Waals surface area contributed by atoms with Gasteiger partial charge in [-0.05, 0) is 63.5 Å². The average Bonchev–Trinajstić information content (AvgIpc) is 3.21. The summed E-state index contributed by atoms with van der Waals surface area (Å²) in [6.45, 7) is 0.635. The van der Waals surface area contributed by atoms with E-state index in [-0.39, 0.29) is 21.5 Å².